The van der Waals surface area contributed by atoms with Crippen LogP contribution in [0.15, 0.2) is 58.5 Å². The van der Waals surface area contributed by atoms with Crippen molar-refractivity contribution in [3.05, 3.63) is 65.2 Å². The summed E-state index contributed by atoms with van der Waals surface area (Å²) in [4.78, 5) is 12.9. The number of benzene rings is 2. The van der Waals surface area contributed by atoms with Gasteiger partial charge in [-0.15, -0.1) is 11.8 Å². The van der Waals surface area contributed by atoms with Gasteiger partial charge in [-0.2, -0.15) is 5.10 Å². The van der Waals surface area contributed by atoms with Gasteiger partial charge in [0, 0.05) is 4.90 Å². The molecule has 0 aromatic heterocycles. The lowest BCUT2D eigenvalue weighted by molar-refractivity contribution is -0.118. The molecule has 23 heavy (non-hydrogen) atoms. The first-order chi connectivity index (χ1) is 11.0. The molecule has 0 fully saturated rings. The highest BCUT2D eigenvalue weighted by Crippen LogP contribution is 2.17. The van der Waals surface area contributed by atoms with Crippen molar-refractivity contribution in [1.29, 1.82) is 0 Å². The zero-order valence-corrected chi connectivity index (χ0v) is 14.6. The van der Waals surface area contributed by atoms with E-state index in [1.165, 1.54) is 22.9 Å². The molecule has 0 radical (unpaired) electrons. The Hall–Kier alpha value is -2.07. The number of amides is 1. The fraction of sp³-hybridized carbons (Fsp3) is 0.263. The van der Waals surface area contributed by atoms with Gasteiger partial charge in [0.2, 0.25) is 5.91 Å². The van der Waals surface area contributed by atoms with Crippen molar-refractivity contribution in [2.75, 3.05) is 5.75 Å². The van der Waals surface area contributed by atoms with Crippen LogP contribution < -0.4 is 5.43 Å². The van der Waals surface area contributed by atoms with Gasteiger partial charge in [-0.1, -0.05) is 55.8 Å². The van der Waals surface area contributed by atoms with Crippen molar-refractivity contribution in [2.45, 2.75) is 31.6 Å². The van der Waals surface area contributed by atoms with Crippen LogP contribution in [0.5, 0.6) is 0 Å². The number of nitrogens with one attached hydrogen (secondary N) is 1. The second-order valence-corrected chi connectivity index (χ2v) is 6.77. The van der Waals surface area contributed by atoms with Crippen LogP contribution in [0.3, 0.4) is 0 Å². The zero-order chi connectivity index (χ0) is 16.7. The van der Waals surface area contributed by atoms with E-state index in [4.69, 9.17) is 0 Å². The van der Waals surface area contributed by atoms with Gasteiger partial charge in [-0.05, 0) is 36.1 Å². The number of carbonyl (C=O) groups is 1. The molecule has 0 spiro atoms. The first kappa shape index (κ1) is 17.3. The summed E-state index contributed by atoms with van der Waals surface area (Å²) in [5, 5.41) is 4.00. The van der Waals surface area contributed by atoms with E-state index < -0.39 is 0 Å². The molecule has 2 aromatic carbocycles. The average Bonchev–Trinajstić information content (AvgIpc) is 2.55. The molecule has 0 aliphatic heterocycles. The van der Waals surface area contributed by atoms with E-state index in [2.05, 4.69) is 36.5 Å². The normalized spacial score (nSPS) is 11.1. The number of hydrogen-bond donors (Lipinski definition) is 1. The minimum absolute atomic E-state index is 0.106. The maximum atomic E-state index is 11.8. The van der Waals surface area contributed by atoms with Crippen molar-refractivity contribution in [3.8, 4) is 0 Å². The highest BCUT2D eigenvalue weighted by atomic mass is 32.2. The van der Waals surface area contributed by atoms with E-state index in [0.29, 0.717) is 11.7 Å². The third-order valence-electron chi connectivity index (χ3n) is 3.40. The Morgan fingerprint density at radius 2 is 1.78 bits per heavy atom. The predicted molar refractivity (Wildman–Crippen MR) is 98.2 cm³/mol. The van der Waals surface area contributed by atoms with Gasteiger partial charge in [-0.3, -0.25) is 4.79 Å². The Balaban J connectivity index is 1.78. The molecular weight excluding hydrogens is 304 g/mol. The molecule has 0 aliphatic rings. The maximum absolute atomic E-state index is 11.8. The van der Waals surface area contributed by atoms with Gasteiger partial charge >= 0.3 is 0 Å². The standard InChI is InChI=1S/C19H22N2OS/c1-14(2)17-8-6-16(7-9-17)12-20-21-19(22)13-23-18-10-4-15(3)5-11-18/h4-12,14H,13H2,1-3H3,(H,21,22)/b20-12-. The Labute approximate surface area is 142 Å². The van der Waals surface area contributed by atoms with Crippen molar-refractivity contribution in [2.24, 2.45) is 5.10 Å². The molecule has 0 aliphatic carbocycles. The molecule has 2 aromatic rings. The monoisotopic (exact) mass is 326 g/mol. The molecule has 0 atom stereocenters. The predicted octanol–water partition coefficient (Wildman–Crippen LogP) is 4.36. The molecule has 0 saturated heterocycles. The van der Waals surface area contributed by atoms with Crippen molar-refractivity contribution < 1.29 is 4.79 Å². The fourth-order valence-corrected chi connectivity index (χ4v) is 2.65. The number of aryl methyl sites for hydroxylation is 1. The second kappa shape index (κ2) is 8.53. The first-order valence-corrected chi connectivity index (χ1v) is 8.64. The van der Waals surface area contributed by atoms with Crippen molar-refractivity contribution in [3.63, 3.8) is 0 Å². The number of hydrogen-bond acceptors (Lipinski definition) is 3. The van der Waals surface area contributed by atoms with Crippen molar-refractivity contribution in [1.82, 2.24) is 5.43 Å². The van der Waals surface area contributed by atoms with Gasteiger partial charge in [0.15, 0.2) is 0 Å². The van der Waals surface area contributed by atoms with Gasteiger partial charge in [0.1, 0.15) is 0 Å². The molecule has 1 N–H and O–H groups in total. The number of nitrogens with zero attached hydrogens (tertiary/aromatic N) is 1. The quantitative estimate of drug-likeness (QED) is 0.487. The van der Waals surface area contributed by atoms with Gasteiger partial charge in [0.05, 0.1) is 12.0 Å². The second-order valence-electron chi connectivity index (χ2n) is 5.72. The number of hydrazone groups is 1. The van der Waals surface area contributed by atoms with Gasteiger partial charge < -0.3 is 0 Å². The Morgan fingerprint density at radius 3 is 2.39 bits per heavy atom. The highest BCUT2D eigenvalue weighted by molar-refractivity contribution is 8.00. The first-order valence-electron chi connectivity index (χ1n) is 7.66. The van der Waals surface area contributed by atoms with E-state index in [1.807, 2.05) is 43.3 Å². The van der Waals surface area contributed by atoms with E-state index >= 15 is 0 Å². The van der Waals surface area contributed by atoms with E-state index in [-0.39, 0.29) is 5.91 Å². The summed E-state index contributed by atoms with van der Waals surface area (Å²) in [6.07, 6.45) is 1.67. The van der Waals surface area contributed by atoms with E-state index in [0.717, 1.165) is 10.5 Å². The van der Waals surface area contributed by atoms with E-state index in [9.17, 15) is 4.79 Å². The lowest BCUT2D eigenvalue weighted by Gasteiger charge is -2.04. The largest absolute Gasteiger partial charge is 0.272 e. The molecule has 1 amide bonds. The Bertz CT molecular complexity index is 661. The summed E-state index contributed by atoms with van der Waals surface area (Å²) < 4.78 is 0. The number of carbonyl (C=O) groups excluding carboxylic acids is 1. The minimum Gasteiger partial charge on any atom is -0.272 e. The Morgan fingerprint density at radius 1 is 1.13 bits per heavy atom. The molecule has 0 saturated carbocycles. The lowest BCUT2D eigenvalue weighted by atomic mass is 10.0. The van der Waals surface area contributed by atoms with Crippen LogP contribution in [-0.4, -0.2) is 17.9 Å². The number of rotatable bonds is 6. The van der Waals surface area contributed by atoms with Gasteiger partial charge in [-0.25, -0.2) is 5.43 Å². The van der Waals surface area contributed by atoms with Crippen LogP contribution in [0.1, 0.15) is 36.5 Å². The maximum Gasteiger partial charge on any atom is 0.250 e. The number of thioether (sulfide) groups is 1. The van der Waals surface area contributed by atoms with Crippen LogP contribution in [0, 0.1) is 6.92 Å². The van der Waals surface area contributed by atoms with Crippen LogP contribution in [0.25, 0.3) is 0 Å². The van der Waals surface area contributed by atoms with Gasteiger partial charge in [0.25, 0.3) is 0 Å². The third kappa shape index (κ3) is 5.91. The molecular formula is C19H22N2OS. The lowest BCUT2D eigenvalue weighted by Crippen LogP contribution is -2.19. The van der Waals surface area contributed by atoms with Crippen LogP contribution >= 0.6 is 11.8 Å². The molecule has 120 valence electrons. The van der Waals surface area contributed by atoms with Crippen LogP contribution in [0.2, 0.25) is 0 Å². The Kier molecular flexibility index (Phi) is 6.41. The summed E-state index contributed by atoms with van der Waals surface area (Å²) in [6.45, 7) is 6.37. The fourth-order valence-electron chi connectivity index (χ4n) is 1.96. The SMILES string of the molecule is Cc1ccc(SCC(=O)N/N=C\c2ccc(C(C)C)cc2)cc1. The zero-order valence-electron chi connectivity index (χ0n) is 13.7. The van der Waals surface area contributed by atoms with Crippen molar-refractivity contribution >= 4 is 23.9 Å². The molecule has 3 nitrogen and oxygen atoms in total. The summed E-state index contributed by atoms with van der Waals surface area (Å²) in [5.74, 6) is 0.761. The molecule has 2 rings (SSSR count). The van der Waals surface area contributed by atoms with Crippen LogP contribution in [0.4, 0.5) is 0 Å². The topological polar surface area (TPSA) is 41.5 Å². The minimum atomic E-state index is -0.106. The molecule has 0 unspecified atom stereocenters. The van der Waals surface area contributed by atoms with E-state index in [1.54, 1.807) is 6.21 Å². The molecule has 0 bridgehead atoms. The summed E-state index contributed by atoms with van der Waals surface area (Å²) in [7, 11) is 0. The molecule has 4 heteroatoms. The summed E-state index contributed by atoms with van der Waals surface area (Å²) in [6, 6.07) is 16.3. The summed E-state index contributed by atoms with van der Waals surface area (Å²) in [5.41, 5.74) is 6.04. The smallest absolute Gasteiger partial charge is 0.250 e. The molecule has 0 heterocycles. The average molecular weight is 326 g/mol. The third-order valence-corrected chi connectivity index (χ3v) is 4.41. The summed E-state index contributed by atoms with van der Waals surface area (Å²) >= 11 is 1.50. The van der Waals surface area contributed by atoms with Crippen LogP contribution in [-0.2, 0) is 4.79 Å². The highest BCUT2D eigenvalue weighted by Gasteiger charge is 2.01.